The van der Waals surface area contributed by atoms with Crippen LogP contribution in [0, 0.1) is 0 Å². The van der Waals surface area contributed by atoms with Gasteiger partial charge < -0.3 is 10.1 Å². The van der Waals surface area contributed by atoms with Crippen LogP contribution in [0.2, 0.25) is 5.02 Å². The Morgan fingerprint density at radius 1 is 1.17 bits per heavy atom. The van der Waals surface area contributed by atoms with Crippen molar-refractivity contribution >= 4 is 17.5 Å². The highest BCUT2D eigenvalue weighted by Gasteiger charge is 2.40. The van der Waals surface area contributed by atoms with Crippen molar-refractivity contribution in [2.24, 2.45) is 0 Å². The van der Waals surface area contributed by atoms with E-state index in [9.17, 15) is 26.7 Å². The number of benzene rings is 2. The van der Waals surface area contributed by atoms with E-state index in [1.807, 2.05) is 0 Å². The van der Waals surface area contributed by atoms with E-state index in [4.69, 9.17) is 11.6 Å². The third kappa shape index (κ3) is 4.88. The number of para-hydroxylation sites is 1. The Balaban J connectivity index is 1.89. The molecule has 11 heteroatoms. The van der Waals surface area contributed by atoms with E-state index in [1.54, 1.807) is 0 Å². The third-order valence-corrected chi connectivity index (χ3v) is 4.20. The Bertz CT molecular complexity index is 1050. The molecule has 1 amide bonds. The Kier molecular flexibility index (Phi) is 6.25. The molecule has 5 nitrogen and oxygen atoms in total. The Hall–Kier alpha value is -3.14. The molecule has 0 saturated heterocycles. The predicted octanol–water partition coefficient (Wildman–Crippen LogP) is 5.08. The van der Waals surface area contributed by atoms with Crippen molar-refractivity contribution in [2.75, 3.05) is 0 Å². The summed E-state index contributed by atoms with van der Waals surface area (Å²) in [6.45, 7) is -3.42. The molecule has 3 rings (SSSR count). The van der Waals surface area contributed by atoms with E-state index in [2.05, 4.69) is 15.2 Å². The van der Waals surface area contributed by atoms with Gasteiger partial charge in [0, 0.05) is 17.1 Å². The van der Waals surface area contributed by atoms with Crippen molar-refractivity contribution in [1.29, 1.82) is 0 Å². The molecular weight excluding hydrogens is 433 g/mol. The number of carbonyl (C=O) groups excluding carboxylic acids is 1. The fourth-order valence-corrected chi connectivity index (χ4v) is 2.91. The van der Waals surface area contributed by atoms with Crippen LogP contribution in [0.25, 0.3) is 5.69 Å². The topological polar surface area (TPSA) is 56.1 Å². The molecule has 0 aliphatic heterocycles. The van der Waals surface area contributed by atoms with Gasteiger partial charge in [0.15, 0.2) is 5.69 Å². The van der Waals surface area contributed by atoms with Crippen LogP contribution in [0.1, 0.15) is 21.6 Å². The molecule has 0 saturated carbocycles. The van der Waals surface area contributed by atoms with Crippen molar-refractivity contribution in [3.8, 4) is 11.4 Å². The second-order valence-corrected chi connectivity index (χ2v) is 6.40. The number of aromatic nitrogens is 2. The smallest absolute Gasteiger partial charge is 0.434 e. The van der Waals surface area contributed by atoms with E-state index in [0.29, 0.717) is 4.68 Å². The minimum absolute atomic E-state index is 0.0181. The zero-order valence-electron chi connectivity index (χ0n) is 15.0. The highest BCUT2D eigenvalue weighted by molar-refractivity contribution is 6.30. The summed E-state index contributed by atoms with van der Waals surface area (Å²) in [7, 11) is 0. The Morgan fingerprint density at radius 3 is 2.57 bits per heavy atom. The number of halogens is 6. The molecule has 0 unspecified atom stereocenters. The Labute approximate surface area is 172 Å². The van der Waals surface area contributed by atoms with Crippen molar-refractivity contribution in [2.45, 2.75) is 19.3 Å². The number of ether oxygens (including phenoxy) is 1. The SMILES string of the molecule is O=C(NCc1ccccc1OC(F)F)c1cnn(-c2cccc(Cl)c2)c1C(F)(F)F. The molecule has 0 aliphatic rings. The van der Waals surface area contributed by atoms with Gasteiger partial charge in [0.25, 0.3) is 5.91 Å². The second-order valence-electron chi connectivity index (χ2n) is 5.97. The zero-order chi connectivity index (χ0) is 21.9. The maximum absolute atomic E-state index is 13.7. The van der Waals surface area contributed by atoms with Crippen molar-refractivity contribution in [3.63, 3.8) is 0 Å². The molecule has 0 bridgehead atoms. The van der Waals surface area contributed by atoms with Crippen LogP contribution in [-0.2, 0) is 12.7 Å². The van der Waals surface area contributed by atoms with E-state index in [1.165, 1.54) is 48.5 Å². The molecule has 3 aromatic rings. The lowest BCUT2D eigenvalue weighted by Gasteiger charge is -2.14. The molecule has 0 aliphatic carbocycles. The lowest BCUT2D eigenvalue weighted by Crippen LogP contribution is -2.26. The normalized spacial score (nSPS) is 11.6. The molecule has 1 heterocycles. The lowest BCUT2D eigenvalue weighted by atomic mass is 10.1. The van der Waals surface area contributed by atoms with Crippen LogP contribution in [0.4, 0.5) is 22.0 Å². The predicted molar refractivity (Wildman–Crippen MR) is 97.8 cm³/mol. The van der Waals surface area contributed by atoms with Crippen LogP contribution in [0.15, 0.2) is 54.7 Å². The van der Waals surface area contributed by atoms with Gasteiger partial charge >= 0.3 is 12.8 Å². The third-order valence-electron chi connectivity index (χ3n) is 3.96. The molecule has 158 valence electrons. The summed E-state index contributed by atoms with van der Waals surface area (Å²) >= 11 is 5.83. The molecule has 30 heavy (non-hydrogen) atoms. The minimum Gasteiger partial charge on any atom is -0.434 e. The molecule has 2 aromatic carbocycles. The highest BCUT2D eigenvalue weighted by Crippen LogP contribution is 2.34. The zero-order valence-corrected chi connectivity index (χ0v) is 15.7. The van der Waals surface area contributed by atoms with Crippen LogP contribution >= 0.6 is 11.6 Å². The number of nitrogens with zero attached hydrogens (tertiary/aromatic N) is 2. The maximum atomic E-state index is 13.7. The number of carbonyl (C=O) groups is 1. The summed E-state index contributed by atoms with van der Waals surface area (Å²) < 4.78 is 70.9. The first-order valence-electron chi connectivity index (χ1n) is 8.39. The number of alkyl halides is 5. The standard InChI is InChI=1S/C19H13ClF5N3O2/c20-12-5-3-6-13(8-12)28-16(19(23,24)25)14(10-27-28)17(29)26-9-11-4-1-2-7-15(11)30-18(21)22/h1-8,10,18H,9H2,(H,26,29). The molecule has 0 fully saturated rings. The fraction of sp³-hybridized carbons (Fsp3) is 0.158. The average molecular weight is 446 g/mol. The van der Waals surface area contributed by atoms with E-state index in [0.717, 1.165) is 6.20 Å². The van der Waals surface area contributed by atoms with E-state index < -0.39 is 30.0 Å². The largest absolute Gasteiger partial charge is 0.434 e. The lowest BCUT2D eigenvalue weighted by molar-refractivity contribution is -0.143. The average Bonchev–Trinajstić information content (AvgIpc) is 3.12. The minimum atomic E-state index is -4.90. The van der Waals surface area contributed by atoms with Crippen molar-refractivity contribution in [3.05, 3.63) is 76.6 Å². The Morgan fingerprint density at radius 2 is 1.90 bits per heavy atom. The number of hydrogen-bond acceptors (Lipinski definition) is 3. The number of amides is 1. The van der Waals surface area contributed by atoms with Gasteiger partial charge in [-0.1, -0.05) is 35.9 Å². The van der Waals surface area contributed by atoms with Gasteiger partial charge in [0.05, 0.1) is 17.4 Å². The molecule has 0 radical (unpaired) electrons. The first kappa shape index (κ1) is 21.6. The number of nitrogens with one attached hydrogen (secondary N) is 1. The summed E-state index contributed by atoms with van der Waals surface area (Å²) in [4.78, 5) is 12.5. The maximum Gasteiger partial charge on any atom is 0.434 e. The molecule has 1 aromatic heterocycles. The number of rotatable bonds is 6. The van der Waals surface area contributed by atoms with Gasteiger partial charge in [0.2, 0.25) is 0 Å². The van der Waals surface area contributed by atoms with Gasteiger partial charge in [0.1, 0.15) is 5.75 Å². The molecule has 0 spiro atoms. The van der Waals surface area contributed by atoms with Gasteiger partial charge in [-0.3, -0.25) is 4.79 Å². The van der Waals surface area contributed by atoms with Gasteiger partial charge in [-0.2, -0.15) is 27.1 Å². The van der Waals surface area contributed by atoms with Crippen LogP contribution in [0.5, 0.6) is 5.75 Å². The van der Waals surface area contributed by atoms with Gasteiger partial charge in [-0.25, -0.2) is 4.68 Å². The summed E-state index contributed by atoms with van der Waals surface area (Å²) in [5, 5.41) is 6.15. The molecule has 0 atom stereocenters. The summed E-state index contributed by atoms with van der Waals surface area (Å²) in [5.74, 6) is -1.28. The van der Waals surface area contributed by atoms with E-state index >= 15 is 0 Å². The van der Waals surface area contributed by atoms with Crippen molar-refractivity contribution < 1.29 is 31.5 Å². The summed E-state index contributed by atoms with van der Waals surface area (Å²) in [6, 6.07) is 11.2. The van der Waals surface area contributed by atoms with Crippen molar-refractivity contribution in [1.82, 2.24) is 15.1 Å². The first-order chi connectivity index (χ1) is 14.2. The molecular formula is C19H13ClF5N3O2. The van der Waals surface area contributed by atoms with Gasteiger partial charge in [-0.05, 0) is 24.3 Å². The van der Waals surface area contributed by atoms with Crippen LogP contribution in [-0.4, -0.2) is 22.3 Å². The summed E-state index contributed by atoms with van der Waals surface area (Å²) in [5.41, 5.74) is -1.83. The van der Waals surface area contributed by atoms with E-state index in [-0.39, 0.29) is 28.6 Å². The quantitative estimate of drug-likeness (QED) is 0.539. The van der Waals surface area contributed by atoms with Crippen LogP contribution in [0.3, 0.4) is 0 Å². The molecule has 1 N–H and O–H groups in total. The first-order valence-corrected chi connectivity index (χ1v) is 8.76. The number of hydrogen-bond donors (Lipinski definition) is 1. The van der Waals surface area contributed by atoms with Crippen LogP contribution < -0.4 is 10.1 Å². The second kappa shape index (κ2) is 8.70. The van der Waals surface area contributed by atoms with Gasteiger partial charge in [-0.15, -0.1) is 0 Å². The monoisotopic (exact) mass is 445 g/mol. The highest BCUT2D eigenvalue weighted by atomic mass is 35.5. The summed E-state index contributed by atoms with van der Waals surface area (Å²) in [6.07, 6.45) is -4.12. The fourth-order valence-electron chi connectivity index (χ4n) is 2.72.